The molecule has 7 nitrogen and oxygen atoms in total. The molecule has 4 rings (SSSR count). The standard InChI is InChI=1S/C22H27N5O2/c1-16-10-11-19(29-16)14-26(2)20(28)15-27-12-6-9-18(13-27)22-23-21(24-25-22)17-7-4-3-5-8-17/h3-5,7-8,10-11,18H,6,9,12-15H2,1-2H3,(H,23,24,25). The minimum atomic E-state index is 0.0993. The largest absolute Gasteiger partial charge is 0.464 e. The third-order valence-corrected chi connectivity index (χ3v) is 5.40. The van der Waals surface area contributed by atoms with Gasteiger partial charge in [-0.3, -0.25) is 14.8 Å². The highest BCUT2D eigenvalue weighted by molar-refractivity contribution is 5.78. The van der Waals surface area contributed by atoms with E-state index in [0.29, 0.717) is 13.1 Å². The lowest BCUT2D eigenvalue weighted by Crippen LogP contribution is -2.42. The Morgan fingerprint density at radius 2 is 2.10 bits per heavy atom. The van der Waals surface area contributed by atoms with Crippen molar-refractivity contribution >= 4 is 5.91 Å². The van der Waals surface area contributed by atoms with Gasteiger partial charge in [0.05, 0.1) is 13.1 Å². The van der Waals surface area contributed by atoms with Crippen LogP contribution >= 0.6 is 0 Å². The molecule has 1 aromatic carbocycles. The second kappa shape index (κ2) is 8.61. The van der Waals surface area contributed by atoms with Crippen molar-refractivity contribution in [3.63, 3.8) is 0 Å². The fraction of sp³-hybridized carbons (Fsp3) is 0.409. The topological polar surface area (TPSA) is 78.3 Å². The second-order valence-corrected chi connectivity index (χ2v) is 7.75. The highest BCUT2D eigenvalue weighted by atomic mass is 16.3. The van der Waals surface area contributed by atoms with Gasteiger partial charge in [0.15, 0.2) is 5.82 Å². The third kappa shape index (κ3) is 4.74. The zero-order chi connectivity index (χ0) is 20.2. The summed E-state index contributed by atoms with van der Waals surface area (Å²) in [4.78, 5) is 21.3. The lowest BCUT2D eigenvalue weighted by Gasteiger charge is -2.32. The number of likely N-dealkylation sites (N-methyl/N-ethyl adjacent to an activating group) is 1. The molecule has 1 aliphatic heterocycles. The molecule has 29 heavy (non-hydrogen) atoms. The van der Waals surface area contributed by atoms with Crippen LogP contribution in [0.25, 0.3) is 11.4 Å². The SMILES string of the molecule is Cc1ccc(CN(C)C(=O)CN2CCCC(c3nc(-c4ccccc4)n[nH]3)C2)o1. The van der Waals surface area contributed by atoms with Gasteiger partial charge in [0, 0.05) is 25.1 Å². The number of aromatic nitrogens is 3. The van der Waals surface area contributed by atoms with Gasteiger partial charge in [-0.1, -0.05) is 30.3 Å². The number of carbonyl (C=O) groups is 1. The number of H-pyrrole nitrogens is 1. The Labute approximate surface area is 170 Å². The number of nitrogens with zero attached hydrogens (tertiary/aromatic N) is 4. The van der Waals surface area contributed by atoms with Crippen LogP contribution in [-0.4, -0.2) is 57.6 Å². The van der Waals surface area contributed by atoms with Crippen LogP contribution in [-0.2, 0) is 11.3 Å². The van der Waals surface area contributed by atoms with Gasteiger partial charge in [0.2, 0.25) is 5.91 Å². The van der Waals surface area contributed by atoms with Crippen LogP contribution in [0, 0.1) is 6.92 Å². The molecule has 0 radical (unpaired) electrons. The molecule has 0 aliphatic carbocycles. The molecule has 152 valence electrons. The highest BCUT2D eigenvalue weighted by Gasteiger charge is 2.26. The third-order valence-electron chi connectivity index (χ3n) is 5.40. The number of benzene rings is 1. The Bertz CT molecular complexity index is 949. The zero-order valence-corrected chi connectivity index (χ0v) is 17.0. The monoisotopic (exact) mass is 393 g/mol. The number of amides is 1. The van der Waals surface area contributed by atoms with Crippen LogP contribution in [0.15, 0.2) is 46.9 Å². The first-order valence-corrected chi connectivity index (χ1v) is 10.1. The van der Waals surface area contributed by atoms with E-state index >= 15 is 0 Å². The molecule has 1 amide bonds. The van der Waals surface area contributed by atoms with Crippen molar-refractivity contribution in [2.75, 3.05) is 26.7 Å². The van der Waals surface area contributed by atoms with Gasteiger partial charge in [-0.25, -0.2) is 4.98 Å². The van der Waals surface area contributed by atoms with Gasteiger partial charge in [-0.05, 0) is 38.4 Å². The van der Waals surface area contributed by atoms with Crippen molar-refractivity contribution in [2.24, 2.45) is 0 Å². The Hall–Kier alpha value is -2.93. The van der Waals surface area contributed by atoms with Crippen LogP contribution in [0.4, 0.5) is 0 Å². The van der Waals surface area contributed by atoms with Crippen molar-refractivity contribution in [2.45, 2.75) is 32.2 Å². The minimum absolute atomic E-state index is 0.0993. The molecule has 3 heterocycles. The summed E-state index contributed by atoms with van der Waals surface area (Å²) in [5, 5.41) is 7.49. The number of piperidine rings is 1. The van der Waals surface area contributed by atoms with Gasteiger partial charge in [-0.15, -0.1) is 0 Å². The predicted octanol–water partition coefficient (Wildman–Crippen LogP) is 3.21. The van der Waals surface area contributed by atoms with Gasteiger partial charge < -0.3 is 9.32 Å². The molecule has 1 saturated heterocycles. The van der Waals surface area contributed by atoms with Crippen LogP contribution in [0.1, 0.15) is 36.1 Å². The fourth-order valence-corrected chi connectivity index (χ4v) is 3.80. The number of hydrogen-bond donors (Lipinski definition) is 1. The summed E-state index contributed by atoms with van der Waals surface area (Å²) in [6, 6.07) is 13.8. The second-order valence-electron chi connectivity index (χ2n) is 7.75. The first kappa shape index (κ1) is 19.4. The number of rotatable bonds is 6. The summed E-state index contributed by atoms with van der Waals surface area (Å²) >= 11 is 0. The fourth-order valence-electron chi connectivity index (χ4n) is 3.80. The maximum absolute atomic E-state index is 12.7. The summed E-state index contributed by atoms with van der Waals surface area (Å²) in [5.41, 5.74) is 1.01. The summed E-state index contributed by atoms with van der Waals surface area (Å²) in [5.74, 6) is 3.66. The maximum Gasteiger partial charge on any atom is 0.236 e. The number of aryl methyl sites for hydroxylation is 1. The average molecular weight is 393 g/mol. The lowest BCUT2D eigenvalue weighted by atomic mass is 9.97. The molecule has 0 bridgehead atoms. The zero-order valence-electron chi connectivity index (χ0n) is 17.0. The number of likely N-dealkylation sites (tertiary alicyclic amines) is 1. The van der Waals surface area contributed by atoms with E-state index in [-0.39, 0.29) is 11.8 Å². The quantitative estimate of drug-likeness (QED) is 0.696. The van der Waals surface area contributed by atoms with E-state index in [2.05, 4.69) is 15.1 Å². The van der Waals surface area contributed by atoms with E-state index in [1.807, 2.05) is 56.4 Å². The summed E-state index contributed by atoms with van der Waals surface area (Å²) in [6.07, 6.45) is 2.09. The Morgan fingerprint density at radius 1 is 1.28 bits per heavy atom. The predicted molar refractivity (Wildman–Crippen MR) is 110 cm³/mol. The maximum atomic E-state index is 12.7. The molecule has 2 aromatic heterocycles. The number of aromatic amines is 1. The van der Waals surface area contributed by atoms with Gasteiger partial charge in [0.25, 0.3) is 0 Å². The number of carbonyl (C=O) groups excluding carboxylic acids is 1. The van der Waals surface area contributed by atoms with Crippen molar-refractivity contribution < 1.29 is 9.21 Å². The molecule has 1 aliphatic rings. The molecular formula is C22H27N5O2. The van der Waals surface area contributed by atoms with Gasteiger partial charge >= 0.3 is 0 Å². The highest BCUT2D eigenvalue weighted by Crippen LogP contribution is 2.26. The van der Waals surface area contributed by atoms with Crippen LogP contribution in [0.2, 0.25) is 0 Å². The minimum Gasteiger partial charge on any atom is -0.464 e. The van der Waals surface area contributed by atoms with Crippen molar-refractivity contribution in [3.05, 3.63) is 59.8 Å². The molecular weight excluding hydrogens is 366 g/mol. The summed E-state index contributed by atoms with van der Waals surface area (Å²) in [6.45, 7) is 4.54. The van der Waals surface area contributed by atoms with Crippen molar-refractivity contribution in [3.8, 4) is 11.4 Å². The Balaban J connectivity index is 1.35. The first-order chi connectivity index (χ1) is 14.1. The molecule has 3 aromatic rings. The molecule has 1 atom stereocenters. The van der Waals surface area contributed by atoms with Gasteiger partial charge in [0.1, 0.15) is 17.3 Å². The molecule has 7 heteroatoms. The van der Waals surface area contributed by atoms with E-state index in [1.165, 1.54) is 0 Å². The van der Waals surface area contributed by atoms with Gasteiger partial charge in [-0.2, -0.15) is 5.10 Å². The van der Waals surface area contributed by atoms with Crippen molar-refractivity contribution in [1.29, 1.82) is 0 Å². The lowest BCUT2D eigenvalue weighted by molar-refractivity contribution is -0.132. The normalized spacial score (nSPS) is 17.4. The van der Waals surface area contributed by atoms with Crippen LogP contribution < -0.4 is 0 Å². The summed E-state index contributed by atoms with van der Waals surface area (Å²) in [7, 11) is 1.82. The number of furan rings is 1. The van der Waals surface area contributed by atoms with Crippen LogP contribution in [0.5, 0.6) is 0 Å². The van der Waals surface area contributed by atoms with E-state index in [0.717, 1.165) is 54.7 Å². The Kier molecular flexibility index (Phi) is 5.76. The van der Waals surface area contributed by atoms with E-state index in [4.69, 9.17) is 9.40 Å². The molecule has 0 spiro atoms. The molecule has 1 unspecified atom stereocenters. The average Bonchev–Trinajstić information content (AvgIpc) is 3.38. The number of nitrogens with one attached hydrogen (secondary N) is 1. The van der Waals surface area contributed by atoms with E-state index in [9.17, 15) is 4.79 Å². The molecule has 1 N–H and O–H groups in total. The first-order valence-electron chi connectivity index (χ1n) is 10.1. The van der Waals surface area contributed by atoms with E-state index < -0.39 is 0 Å². The van der Waals surface area contributed by atoms with E-state index in [1.54, 1.807) is 4.90 Å². The smallest absolute Gasteiger partial charge is 0.236 e. The number of hydrogen-bond acceptors (Lipinski definition) is 5. The Morgan fingerprint density at radius 3 is 2.86 bits per heavy atom. The molecule has 1 fully saturated rings. The summed E-state index contributed by atoms with van der Waals surface area (Å²) < 4.78 is 5.58. The molecule has 0 saturated carbocycles. The van der Waals surface area contributed by atoms with Crippen molar-refractivity contribution in [1.82, 2.24) is 25.0 Å². The van der Waals surface area contributed by atoms with Crippen LogP contribution in [0.3, 0.4) is 0 Å².